The number of anilines is 1. The van der Waals surface area contributed by atoms with Crippen LogP contribution in [0.5, 0.6) is 0 Å². The first-order valence-corrected chi connectivity index (χ1v) is 14.0. The van der Waals surface area contributed by atoms with Crippen molar-refractivity contribution in [1.29, 1.82) is 0 Å². The Morgan fingerprint density at radius 1 is 1.23 bits per heavy atom. The molecule has 0 radical (unpaired) electrons. The fourth-order valence-electron chi connectivity index (χ4n) is 7.02. The molecule has 3 aliphatic heterocycles. The standard InChI is InChI=1S/C31H42N2O6/c1-7-9-10-11-18-38-29(37)24-23-27(35)33(22(5)19-34)26(31(23)16-15-30(24,6)39-31)28(36)32(17-8-2)25-20(3)13-12-14-21(25)4/h7-8,12-14,22-24,26,34H,1-2,9-11,15-19H2,3-6H3/t22-,23+,24-,26?,30+,31?/m1/s1. The zero-order valence-electron chi connectivity index (χ0n) is 23.7. The summed E-state index contributed by atoms with van der Waals surface area (Å²) >= 11 is 0. The molecule has 39 heavy (non-hydrogen) atoms. The number of carbonyl (C=O) groups is 3. The maximum Gasteiger partial charge on any atom is 0.312 e. The maximum atomic E-state index is 14.6. The van der Waals surface area contributed by atoms with Gasteiger partial charge in [0, 0.05) is 12.2 Å². The Morgan fingerprint density at radius 2 is 1.92 bits per heavy atom. The SMILES string of the molecule is C=CCCCCOC(=O)[C@H]1[C@H]2C(=O)N([C@H](C)CO)C(C(=O)N(CC=C)c3c(C)cccc3C)C23CC[C@]1(C)O3. The van der Waals surface area contributed by atoms with Gasteiger partial charge in [0.1, 0.15) is 17.6 Å². The number of hydrogen-bond acceptors (Lipinski definition) is 6. The highest BCUT2D eigenvalue weighted by atomic mass is 16.6. The number of likely N-dealkylation sites (tertiary alicyclic amines) is 1. The second-order valence-corrected chi connectivity index (χ2v) is 11.4. The van der Waals surface area contributed by atoms with Crippen LogP contribution in [0.2, 0.25) is 0 Å². The molecule has 2 amide bonds. The molecule has 0 saturated carbocycles. The minimum absolute atomic E-state index is 0.241. The first-order chi connectivity index (χ1) is 18.6. The molecule has 8 nitrogen and oxygen atoms in total. The summed E-state index contributed by atoms with van der Waals surface area (Å²) < 4.78 is 12.3. The summed E-state index contributed by atoms with van der Waals surface area (Å²) in [5.74, 6) is -2.78. The van der Waals surface area contributed by atoms with Crippen molar-refractivity contribution in [2.75, 3.05) is 24.7 Å². The van der Waals surface area contributed by atoms with E-state index in [-0.39, 0.29) is 31.6 Å². The van der Waals surface area contributed by atoms with Crippen LogP contribution in [0.4, 0.5) is 5.69 Å². The number of rotatable bonds is 12. The van der Waals surface area contributed by atoms with Gasteiger partial charge in [-0.1, -0.05) is 30.4 Å². The Morgan fingerprint density at radius 3 is 2.54 bits per heavy atom. The summed E-state index contributed by atoms with van der Waals surface area (Å²) in [7, 11) is 0. The molecule has 4 rings (SSSR count). The predicted molar refractivity (Wildman–Crippen MR) is 149 cm³/mol. The average Bonchev–Trinajstić information content (AvgIpc) is 3.47. The van der Waals surface area contributed by atoms with E-state index in [4.69, 9.17) is 9.47 Å². The molecule has 1 spiro atoms. The van der Waals surface area contributed by atoms with Gasteiger partial charge in [-0.25, -0.2) is 0 Å². The molecule has 0 aliphatic carbocycles. The highest BCUT2D eigenvalue weighted by molar-refractivity contribution is 6.05. The average molecular weight is 539 g/mol. The van der Waals surface area contributed by atoms with E-state index in [1.165, 1.54) is 4.90 Å². The third-order valence-electron chi connectivity index (χ3n) is 8.78. The van der Waals surface area contributed by atoms with E-state index in [0.29, 0.717) is 19.3 Å². The highest BCUT2D eigenvalue weighted by Crippen LogP contribution is 2.63. The van der Waals surface area contributed by atoms with Crippen LogP contribution in [0.1, 0.15) is 57.1 Å². The lowest BCUT2D eigenvalue weighted by Gasteiger charge is -2.39. The quantitative estimate of drug-likeness (QED) is 0.247. The Hall–Kier alpha value is -2.97. The summed E-state index contributed by atoms with van der Waals surface area (Å²) in [6.07, 6.45) is 6.88. The fraction of sp³-hybridized carbons (Fsp3) is 0.581. The number of allylic oxidation sites excluding steroid dienone is 1. The molecular formula is C31H42N2O6. The number of fused-ring (bicyclic) bond motifs is 1. The monoisotopic (exact) mass is 538 g/mol. The topological polar surface area (TPSA) is 96.4 Å². The zero-order valence-corrected chi connectivity index (χ0v) is 23.7. The molecule has 212 valence electrons. The van der Waals surface area contributed by atoms with Crippen molar-refractivity contribution in [2.45, 2.75) is 83.1 Å². The third-order valence-corrected chi connectivity index (χ3v) is 8.78. The summed E-state index contributed by atoms with van der Waals surface area (Å²) in [4.78, 5) is 45.3. The van der Waals surface area contributed by atoms with Crippen LogP contribution in [0.25, 0.3) is 0 Å². The van der Waals surface area contributed by atoms with Crippen molar-refractivity contribution in [3.05, 3.63) is 54.6 Å². The van der Waals surface area contributed by atoms with Crippen LogP contribution >= 0.6 is 0 Å². The summed E-state index contributed by atoms with van der Waals surface area (Å²) in [6, 6.07) is 4.19. The second kappa shape index (κ2) is 11.3. The number of amides is 2. The van der Waals surface area contributed by atoms with Gasteiger partial charge in [-0.05, 0) is 70.9 Å². The molecule has 1 aromatic rings. The van der Waals surface area contributed by atoms with Gasteiger partial charge >= 0.3 is 5.97 Å². The second-order valence-electron chi connectivity index (χ2n) is 11.4. The maximum absolute atomic E-state index is 14.6. The van der Waals surface area contributed by atoms with Crippen LogP contribution in [-0.2, 0) is 23.9 Å². The molecule has 6 atom stereocenters. The number of aliphatic hydroxyl groups is 1. The number of unbranched alkanes of at least 4 members (excludes halogenated alkanes) is 2. The van der Waals surface area contributed by atoms with Gasteiger partial charge in [0.25, 0.3) is 5.91 Å². The molecule has 1 N–H and O–H groups in total. The van der Waals surface area contributed by atoms with Crippen LogP contribution < -0.4 is 4.90 Å². The number of aliphatic hydroxyl groups excluding tert-OH is 1. The van der Waals surface area contributed by atoms with E-state index in [0.717, 1.165) is 29.7 Å². The van der Waals surface area contributed by atoms with E-state index in [9.17, 15) is 19.5 Å². The van der Waals surface area contributed by atoms with Gasteiger partial charge in [0.15, 0.2) is 0 Å². The minimum Gasteiger partial charge on any atom is -0.465 e. The van der Waals surface area contributed by atoms with E-state index < -0.39 is 41.1 Å². The molecule has 1 aromatic carbocycles. The van der Waals surface area contributed by atoms with Crippen molar-refractivity contribution >= 4 is 23.5 Å². The summed E-state index contributed by atoms with van der Waals surface area (Å²) in [6.45, 7) is 15.2. The van der Waals surface area contributed by atoms with Gasteiger partial charge in [0.2, 0.25) is 5.91 Å². The lowest BCUT2D eigenvalue weighted by atomic mass is 9.66. The largest absolute Gasteiger partial charge is 0.465 e. The number of nitrogens with zero attached hydrogens (tertiary/aromatic N) is 2. The number of ether oxygens (including phenoxy) is 2. The molecule has 3 saturated heterocycles. The summed E-state index contributed by atoms with van der Waals surface area (Å²) in [5.41, 5.74) is 0.515. The number of hydrogen-bond donors (Lipinski definition) is 1. The lowest BCUT2D eigenvalue weighted by molar-refractivity contribution is -0.160. The van der Waals surface area contributed by atoms with Crippen molar-refractivity contribution < 1.29 is 29.0 Å². The van der Waals surface area contributed by atoms with E-state index >= 15 is 0 Å². The zero-order chi connectivity index (χ0) is 28.5. The number of aryl methyl sites for hydroxylation is 2. The van der Waals surface area contributed by atoms with Crippen molar-refractivity contribution in [3.8, 4) is 0 Å². The van der Waals surface area contributed by atoms with Gasteiger partial charge < -0.3 is 24.4 Å². The Bertz CT molecular complexity index is 1130. The molecule has 3 heterocycles. The minimum atomic E-state index is -1.19. The van der Waals surface area contributed by atoms with Crippen molar-refractivity contribution in [1.82, 2.24) is 4.90 Å². The smallest absolute Gasteiger partial charge is 0.312 e. The van der Waals surface area contributed by atoms with E-state index in [1.54, 1.807) is 17.9 Å². The fourth-order valence-corrected chi connectivity index (χ4v) is 7.02. The number of esters is 1. The van der Waals surface area contributed by atoms with Crippen LogP contribution in [0.15, 0.2) is 43.5 Å². The van der Waals surface area contributed by atoms with Crippen molar-refractivity contribution in [3.63, 3.8) is 0 Å². The third kappa shape index (κ3) is 4.72. The van der Waals surface area contributed by atoms with Gasteiger partial charge in [0.05, 0.1) is 30.8 Å². The van der Waals surface area contributed by atoms with E-state index in [2.05, 4.69) is 13.2 Å². The molecule has 3 fully saturated rings. The lowest BCUT2D eigenvalue weighted by Crippen LogP contribution is -2.58. The van der Waals surface area contributed by atoms with Gasteiger partial charge in [-0.2, -0.15) is 0 Å². The molecule has 2 unspecified atom stereocenters. The van der Waals surface area contributed by atoms with Crippen molar-refractivity contribution in [2.24, 2.45) is 11.8 Å². The first kappa shape index (κ1) is 29.0. The van der Waals surface area contributed by atoms with Gasteiger partial charge in [-0.15, -0.1) is 13.2 Å². The highest BCUT2D eigenvalue weighted by Gasteiger charge is 2.79. The number of benzene rings is 1. The Balaban J connectivity index is 1.74. The molecule has 0 aromatic heterocycles. The summed E-state index contributed by atoms with van der Waals surface area (Å²) in [5, 5.41) is 10.1. The van der Waals surface area contributed by atoms with E-state index in [1.807, 2.05) is 45.0 Å². The molecule has 8 heteroatoms. The molecular weight excluding hydrogens is 496 g/mol. The number of para-hydroxylation sites is 1. The number of carbonyl (C=O) groups excluding carboxylic acids is 3. The van der Waals surface area contributed by atoms with Crippen LogP contribution in [-0.4, -0.2) is 70.8 Å². The van der Waals surface area contributed by atoms with Crippen LogP contribution in [0, 0.1) is 25.7 Å². The molecule has 2 bridgehead atoms. The molecule has 3 aliphatic rings. The van der Waals surface area contributed by atoms with Crippen LogP contribution in [0.3, 0.4) is 0 Å². The first-order valence-electron chi connectivity index (χ1n) is 14.0. The predicted octanol–water partition coefficient (Wildman–Crippen LogP) is 3.87. The van der Waals surface area contributed by atoms with Gasteiger partial charge in [-0.3, -0.25) is 14.4 Å². The Labute approximate surface area is 231 Å². The Kier molecular flexibility index (Phi) is 8.38. The normalized spacial score (nSPS) is 29.7.